The van der Waals surface area contributed by atoms with Crippen molar-refractivity contribution >= 4 is 44.2 Å². The van der Waals surface area contributed by atoms with Crippen LogP contribution in [0.15, 0.2) is 82.1 Å². The van der Waals surface area contributed by atoms with Gasteiger partial charge in [0.1, 0.15) is 16.9 Å². The number of fused-ring (bicyclic) bond motifs is 1. The molecule has 1 aromatic heterocycles. The van der Waals surface area contributed by atoms with Crippen molar-refractivity contribution in [3.05, 3.63) is 88.5 Å². The summed E-state index contributed by atoms with van der Waals surface area (Å²) >= 11 is 0. The number of carbonyl (C=O) groups is 2. The molecule has 0 spiro atoms. The minimum atomic E-state index is -4.56. The molecule has 3 aromatic carbocycles. The first kappa shape index (κ1) is 26.6. The summed E-state index contributed by atoms with van der Waals surface area (Å²) in [6.07, 6.45) is 0.261. The molecule has 1 heterocycles. The van der Waals surface area contributed by atoms with E-state index in [0.717, 1.165) is 12.1 Å². The number of carbonyl (C=O) groups excluding carboxylic acids is 2. The van der Waals surface area contributed by atoms with E-state index in [1.165, 1.54) is 30.3 Å². The molecule has 0 atom stereocenters. The van der Waals surface area contributed by atoms with E-state index < -0.39 is 37.4 Å². The Morgan fingerprint density at radius 3 is 2.39 bits per heavy atom. The van der Waals surface area contributed by atoms with E-state index in [2.05, 4.69) is 0 Å². The molecule has 4 rings (SSSR count). The van der Waals surface area contributed by atoms with Gasteiger partial charge in [-0.1, -0.05) is 43.3 Å². The zero-order chi connectivity index (χ0) is 27.4. The van der Waals surface area contributed by atoms with Crippen molar-refractivity contribution in [2.24, 2.45) is 0 Å². The van der Waals surface area contributed by atoms with Crippen molar-refractivity contribution in [2.45, 2.75) is 31.6 Å². The van der Waals surface area contributed by atoms with E-state index in [1.807, 2.05) is 6.07 Å². The number of hydrogen-bond donors (Lipinski definition) is 0. The largest absolute Gasteiger partial charge is 0.462 e. The maximum absolute atomic E-state index is 13.7. The van der Waals surface area contributed by atoms with Gasteiger partial charge in [-0.25, -0.2) is 17.5 Å². The van der Waals surface area contributed by atoms with Crippen molar-refractivity contribution in [1.82, 2.24) is 0 Å². The molecule has 0 saturated carbocycles. The molecule has 1 amide bonds. The van der Waals surface area contributed by atoms with Crippen LogP contribution in [0.2, 0.25) is 0 Å². The van der Waals surface area contributed by atoms with E-state index >= 15 is 0 Å². The zero-order valence-corrected chi connectivity index (χ0v) is 21.4. The van der Waals surface area contributed by atoms with Crippen LogP contribution in [0.25, 0.3) is 22.3 Å². The molecule has 0 aliphatic carbocycles. The van der Waals surface area contributed by atoms with E-state index in [0.29, 0.717) is 16.3 Å². The van der Waals surface area contributed by atoms with Crippen LogP contribution in [0.5, 0.6) is 0 Å². The molecule has 38 heavy (non-hydrogen) atoms. The van der Waals surface area contributed by atoms with Crippen LogP contribution >= 0.6 is 0 Å². The van der Waals surface area contributed by atoms with Gasteiger partial charge in [0.15, 0.2) is 0 Å². The first-order valence-corrected chi connectivity index (χ1v) is 13.2. The van der Waals surface area contributed by atoms with Gasteiger partial charge in [0.25, 0.3) is 15.7 Å². The fourth-order valence-corrected chi connectivity index (χ4v) is 5.49. The topological polar surface area (TPSA) is 137 Å². The zero-order valence-electron chi connectivity index (χ0n) is 20.6. The Hall–Kier alpha value is -4.51. The quantitative estimate of drug-likeness (QED) is 0.151. The summed E-state index contributed by atoms with van der Waals surface area (Å²) in [5, 5.41) is 11.5. The fraction of sp³-hybridized carbons (Fsp3) is 0.185. The Bertz CT molecular complexity index is 1630. The summed E-state index contributed by atoms with van der Waals surface area (Å²) in [5.74, 6) is -1.16. The predicted molar refractivity (Wildman–Crippen MR) is 140 cm³/mol. The Morgan fingerprint density at radius 2 is 1.74 bits per heavy atom. The van der Waals surface area contributed by atoms with Crippen LogP contribution in [0, 0.1) is 10.1 Å². The van der Waals surface area contributed by atoms with Gasteiger partial charge >= 0.3 is 5.97 Å². The molecule has 0 unspecified atom stereocenters. The summed E-state index contributed by atoms with van der Waals surface area (Å²) in [6, 6.07) is 17.6. The Balaban J connectivity index is 1.94. The average molecular weight is 537 g/mol. The molecule has 10 nitrogen and oxygen atoms in total. The van der Waals surface area contributed by atoms with Gasteiger partial charge in [-0.2, -0.15) is 0 Å². The normalized spacial score (nSPS) is 11.3. The molecular formula is C27H24N2O8S. The van der Waals surface area contributed by atoms with Gasteiger partial charge in [-0.15, -0.1) is 0 Å². The number of esters is 1. The number of benzene rings is 3. The van der Waals surface area contributed by atoms with Crippen molar-refractivity contribution in [3.8, 4) is 11.3 Å². The molecule has 0 saturated heterocycles. The lowest BCUT2D eigenvalue weighted by atomic mass is 10.1. The lowest BCUT2D eigenvalue weighted by Gasteiger charge is -2.22. The number of nitro groups is 1. The summed E-state index contributed by atoms with van der Waals surface area (Å²) in [7, 11) is -4.56. The highest BCUT2D eigenvalue weighted by Crippen LogP contribution is 2.37. The molecule has 4 aromatic rings. The Morgan fingerprint density at radius 1 is 1.00 bits per heavy atom. The first-order valence-electron chi connectivity index (χ1n) is 11.8. The summed E-state index contributed by atoms with van der Waals surface area (Å²) in [5.41, 5.74) is 0.498. The molecule has 11 heteroatoms. The minimum Gasteiger partial charge on any atom is -0.462 e. The molecule has 196 valence electrons. The van der Waals surface area contributed by atoms with Gasteiger partial charge < -0.3 is 9.15 Å². The van der Waals surface area contributed by atoms with E-state index in [-0.39, 0.29) is 41.0 Å². The number of anilines is 1. The molecule has 0 aliphatic heterocycles. The second kappa shape index (κ2) is 10.9. The van der Waals surface area contributed by atoms with Crippen LogP contribution in [-0.2, 0) is 19.6 Å². The lowest BCUT2D eigenvalue weighted by Crippen LogP contribution is -2.36. The molecule has 0 fully saturated rings. The number of rotatable bonds is 9. The van der Waals surface area contributed by atoms with Crippen molar-refractivity contribution in [3.63, 3.8) is 0 Å². The second-order valence-corrected chi connectivity index (χ2v) is 10.0. The smallest absolute Gasteiger partial charge is 0.342 e. The SMILES string of the molecule is CCCC(=O)N(c1ccc2oc(-c3ccccc3)c(C(=O)OCC)c2c1)S(=O)(=O)c1cccc([N+](=O)[O-])c1. The van der Waals surface area contributed by atoms with Crippen molar-refractivity contribution in [2.75, 3.05) is 10.9 Å². The minimum absolute atomic E-state index is 0.0478. The maximum Gasteiger partial charge on any atom is 0.342 e. The molecule has 0 N–H and O–H groups in total. The fourth-order valence-electron chi connectivity index (χ4n) is 4.01. The molecule has 0 bridgehead atoms. The van der Waals surface area contributed by atoms with Crippen LogP contribution in [-0.4, -0.2) is 31.8 Å². The Labute approximate surface area is 218 Å². The Kier molecular flexibility index (Phi) is 7.58. The number of nitrogens with zero attached hydrogens (tertiary/aromatic N) is 2. The molecule has 0 aliphatic rings. The highest BCUT2D eigenvalue weighted by atomic mass is 32.2. The van der Waals surface area contributed by atoms with Crippen LogP contribution in [0.4, 0.5) is 11.4 Å². The number of sulfonamides is 1. The standard InChI is InChI=1S/C27H24N2O8S/c1-3-9-24(30)28(38(34,35)21-13-8-12-20(16-21)29(32)33)19-14-15-23-22(17-19)25(27(31)36-4-2)26(37-23)18-10-6-5-7-11-18/h5-8,10-17H,3-4,9H2,1-2H3. The highest BCUT2D eigenvalue weighted by Gasteiger charge is 2.33. The predicted octanol–water partition coefficient (Wildman–Crippen LogP) is 5.71. The van der Waals surface area contributed by atoms with Gasteiger partial charge in [0, 0.05) is 29.5 Å². The third kappa shape index (κ3) is 5.00. The average Bonchev–Trinajstić information content (AvgIpc) is 3.28. The summed E-state index contributed by atoms with van der Waals surface area (Å²) < 4.78 is 39.2. The third-order valence-electron chi connectivity index (χ3n) is 5.68. The van der Waals surface area contributed by atoms with E-state index in [9.17, 15) is 28.1 Å². The third-order valence-corrected chi connectivity index (χ3v) is 7.42. The lowest BCUT2D eigenvalue weighted by molar-refractivity contribution is -0.385. The monoisotopic (exact) mass is 536 g/mol. The summed E-state index contributed by atoms with van der Waals surface area (Å²) in [4.78, 5) is 36.3. The number of non-ortho nitro benzene ring substituents is 1. The number of ether oxygens (including phenoxy) is 1. The van der Waals surface area contributed by atoms with Gasteiger partial charge in [-0.05, 0) is 37.6 Å². The second-order valence-electron chi connectivity index (χ2n) is 8.24. The van der Waals surface area contributed by atoms with Crippen LogP contribution in [0.3, 0.4) is 0 Å². The highest BCUT2D eigenvalue weighted by molar-refractivity contribution is 7.93. The van der Waals surface area contributed by atoms with E-state index in [4.69, 9.17) is 9.15 Å². The maximum atomic E-state index is 13.7. The van der Waals surface area contributed by atoms with Crippen molar-refractivity contribution < 1.29 is 32.1 Å². The number of nitro benzene ring substituents is 1. The van der Waals surface area contributed by atoms with E-state index in [1.54, 1.807) is 38.1 Å². The van der Waals surface area contributed by atoms with Crippen LogP contribution < -0.4 is 4.31 Å². The van der Waals surface area contributed by atoms with Gasteiger partial charge in [-0.3, -0.25) is 14.9 Å². The van der Waals surface area contributed by atoms with Crippen LogP contribution in [0.1, 0.15) is 37.0 Å². The number of amides is 1. The summed E-state index contributed by atoms with van der Waals surface area (Å²) in [6.45, 7) is 3.48. The van der Waals surface area contributed by atoms with Gasteiger partial charge in [0.05, 0.1) is 22.1 Å². The number of furan rings is 1. The van der Waals surface area contributed by atoms with Gasteiger partial charge in [0.2, 0.25) is 5.91 Å². The molecule has 0 radical (unpaired) electrons. The first-order chi connectivity index (χ1) is 18.2. The van der Waals surface area contributed by atoms with Crippen molar-refractivity contribution in [1.29, 1.82) is 0 Å². The molecular weight excluding hydrogens is 512 g/mol. The number of hydrogen-bond acceptors (Lipinski definition) is 8.